The van der Waals surface area contributed by atoms with Crippen LogP contribution in [0.4, 0.5) is 0 Å². The molecule has 1 N–H and O–H groups in total. The van der Waals surface area contributed by atoms with Gasteiger partial charge < -0.3 is 19.3 Å². The van der Waals surface area contributed by atoms with E-state index in [1.807, 2.05) is 13.8 Å². The summed E-state index contributed by atoms with van der Waals surface area (Å²) in [4.78, 5) is 10.3. The van der Waals surface area contributed by atoms with Gasteiger partial charge in [0.15, 0.2) is 11.5 Å². The monoisotopic (exact) mass is 302 g/mol. The van der Waals surface area contributed by atoms with Crippen molar-refractivity contribution >= 4 is 17.6 Å². The normalized spacial score (nSPS) is 10.3. The summed E-state index contributed by atoms with van der Waals surface area (Å²) in [7, 11) is 0. The first-order valence-electron chi connectivity index (χ1n) is 6.46. The van der Waals surface area contributed by atoms with Gasteiger partial charge in [-0.1, -0.05) is 11.6 Å². The molecule has 0 saturated carbocycles. The van der Waals surface area contributed by atoms with Gasteiger partial charge in [-0.15, -0.1) is 0 Å². The zero-order chi connectivity index (χ0) is 15.0. The van der Waals surface area contributed by atoms with Gasteiger partial charge in [0, 0.05) is 11.1 Å². The van der Waals surface area contributed by atoms with Crippen molar-refractivity contribution in [1.29, 1.82) is 0 Å². The van der Waals surface area contributed by atoms with Crippen molar-refractivity contribution in [1.82, 2.24) is 0 Å². The van der Waals surface area contributed by atoms with Gasteiger partial charge >= 0.3 is 5.97 Å². The molecule has 0 aromatic heterocycles. The molecule has 0 heterocycles. The van der Waals surface area contributed by atoms with Crippen LogP contribution in [0, 0.1) is 0 Å². The predicted molar refractivity (Wildman–Crippen MR) is 75.9 cm³/mol. The molecule has 0 saturated heterocycles. The molecule has 1 aromatic rings. The number of ether oxygens (including phenoxy) is 3. The number of benzene rings is 1. The summed E-state index contributed by atoms with van der Waals surface area (Å²) < 4.78 is 16.0. The Morgan fingerprint density at radius 2 is 1.80 bits per heavy atom. The van der Waals surface area contributed by atoms with E-state index in [1.165, 1.54) is 0 Å². The minimum Gasteiger partial charge on any atom is -0.490 e. The third kappa shape index (κ3) is 5.27. The highest BCUT2D eigenvalue weighted by molar-refractivity contribution is 6.31. The van der Waals surface area contributed by atoms with Gasteiger partial charge in [-0.25, -0.2) is 4.79 Å². The van der Waals surface area contributed by atoms with E-state index in [-0.39, 0.29) is 13.2 Å². The molecule has 0 amide bonds. The molecule has 0 atom stereocenters. The van der Waals surface area contributed by atoms with Gasteiger partial charge in [0.05, 0.1) is 19.8 Å². The quantitative estimate of drug-likeness (QED) is 0.711. The number of aliphatic carboxylic acids is 1. The fourth-order valence-corrected chi connectivity index (χ4v) is 1.90. The van der Waals surface area contributed by atoms with Crippen LogP contribution in [0.15, 0.2) is 12.1 Å². The molecule has 0 radical (unpaired) electrons. The van der Waals surface area contributed by atoms with E-state index < -0.39 is 5.97 Å². The van der Waals surface area contributed by atoms with Gasteiger partial charge in [0.2, 0.25) is 0 Å². The lowest BCUT2D eigenvalue weighted by Crippen LogP contribution is -2.09. The number of rotatable bonds is 9. The maximum atomic E-state index is 10.3. The second-order valence-corrected chi connectivity index (χ2v) is 4.36. The van der Waals surface area contributed by atoms with E-state index in [9.17, 15) is 4.79 Å². The molecule has 0 fully saturated rings. The number of hydrogen-bond acceptors (Lipinski definition) is 4. The molecule has 0 spiro atoms. The maximum absolute atomic E-state index is 10.3. The first-order chi connectivity index (χ1) is 9.58. The molecule has 0 unspecified atom stereocenters. The average molecular weight is 303 g/mol. The van der Waals surface area contributed by atoms with Crippen LogP contribution in [0.2, 0.25) is 5.02 Å². The Bertz CT molecular complexity index is 447. The second-order valence-electron chi connectivity index (χ2n) is 3.95. The van der Waals surface area contributed by atoms with Crippen molar-refractivity contribution in [3.05, 3.63) is 22.7 Å². The number of carboxylic acid groups (broad SMARTS) is 1. The average Bonchev–Trinajstić information content (AvgIpc) is 2.39. The van der Waals surface area contributed by atoms with Crippen molar-refractivity contribution < 1.29 is 24.1 Å². The van der Waals surface area contributed by atoms with Gasteiger partial charge in [-0.3, -0.25) is 0 Å². The summed E-state index contributed by atoms with van der Waals surface area (Å²) in [6.45, 7) is 4.80. The third-order valence-electron chi connectivity index (χ3n) is 2.45. The third-order valence-corrected chi connectivity index (χ3v) is 2.81. The summed E-state index contributed by atoms with van der Waals surface area (Å²) in [6, 6.07) is 3.52. The van der Waals surface area contributed by atoms with Crippen molar-refractivity contribution in [2.24, 2.45) is 0 Å². The highest BCUT2D eigenvalue weighted by atomic mass is 35.5. The van der Waals surface area contributed by atoms with Gasteiger partial charge in [0.25, 0.3) is 0 Å². The molecule has 5 nitrogen and oxygen atoms in total. The Morgan fingerprint density at radius 3 is 2.35 bits per heavy atom. The van der Waals surface area contributed by atoms with E-state index in [0.29, 0.717) is 36.2 Å². The number of carbonyl (C=O) groups is 1. The van der Waals surface area contributed by atoms with E-state index in [0.717, 1.165) is 5.56 Å². The number of halogens is 1. The Labute approximate surface area is 123 Å². The first-order valence-corrected chi connectivity index (χ1v) is 6.83. The molecule has 0 aliphatic rings. The predicted octanol–water partition coefficient (Wildman–Crippen LogP) is 2.78. The van der Waals surface area contributed by atoms with Crippen molar-refractivity contribution in [3.8, 4) is 11.5 Å². The summed E-state index contributed by atoms with van der Waals surface area (Å²) in [6.07, 6.45) is 0.512. The second kappa shape index (κ2) is 8.66. The molecule has 0 bridgehead atoms. The largest absolute Gasteiger partial charge is 0.490 e. The standard InChI is InChI=1S/C14H19ClO5/c1-3-19-12-7-10(5-6-18-9-14(16)17)11(15)8-13(12)20-4-2/h7-8H,3-6,9H2,1-2H3,(H,16,17). The molecule has 0 aliphatic carbocycles. The van der Waals surface area contributed by atoms with E-state index in [4.69, 9.17) is 30.9 Å². The van der Waals surface area contributed by atoms with Crippen molar-refractivity contribution in [3.63, 3.8) is 0 Å². The summed E-state index contributed by atoms with van der Waals surface area (Å²) in [5, 5.41) is 9.04. The van der Waals surface area contributed by atoms with E-state index >= 15 is 0 Å². The fraction of sp³-hybridized carbons (Fsp3) is 0.500. The van der Waals surface area contributed by atoms with Crippen LogP contribution >= 0.6 is 11.6 Å². The minimum absolute atomic E-state index is 0.283. The van der Waals surface area contributed by atoms with Gasteiger partial charge in [-0.05, 0) is 31.9 Å². The van der Waals surface area contributed by atoms with Gasteiger partial charge in [0.1, 0.15) is 6.61 Å². The van der Waals surface area contributed by atoms with Crippen LogP contribution < -0.4 is 9.47 Å². The van der Waals surface area contributed by atoms with E-state index in [2.05, 4.69) is 0 Å². The maximum Gasteiger partial charge on any atom is 0.329 e. The topological polar surface area (TPSA) is 65.0 Å². The summed E-state index contributed by atoms with van der Waals surface area (Å²) in [5.74, 6) is 0.249. The van der Waals surface area contributed by atoms with Crippen LogP contribution in [-0.4, -0.2) is 37.5 Å². The lowest BCUT2D eigenvalue weighted by Gasteiger charge is -2.14. The van der Waals surface area contributed by atoms with Crippen molar-refractivity contribution in [2.45, 2.75) is 20.3 Å². The molecular weight excluding hydrogens is 284 g/mol. The molecule has 20 heavy (non-hydrogen) atoms. The van der Waals surface area contributed by atoms with Crippen LogP contribution in [-0.2, 0) is 16.0 Å². The Hall–Kier alpha value is -1.46. The Kier molecular flexibility index (Phi) is 7.18. The van der Waals surface area contributed by atoms with Crippen LogP contribution in [0.5, 0.6) is 11.5 Å². The van der Waals surface area contributed by atoms with E-state index in [1.54, 1.807) is 12.1 Å². The van der Waals surface area contributed by atoms with Crippen molar-refractivity contribution in [2.75, 3.05) is 26.4 Å². The molecule has 112 valence electrons. The fourth-order valence-electron chi connectivity index (χ4n) is 1.65. The summed E-state index contributed by atoms with van der Waals surface area (Å²) >= 11 is 6.17. The Balaban J connectivity index is 2.75. The highest BCUT2D eigenvalue weighted by Gasteiger charge is 2.11. The smallest absolute Gasteiger partial charge is 0.329 e. The summed E-state index contributed by atoms with van der Waals surface area (Å²) in [5.41, 5.74) is 0.837. The zero-order valence-corrected chi connectivity index (χ0v) is 12.4. The molecule has 6 heteroatoms. The van der Waals surface area contributed by atoms with Crippen LogP contribution in [0.25, 0.3) is 0 Å². The first kappa shape index (κ1) is 16.6. The SMILES string of the molecule is CCOc1cc(Cl)c(CCOCC(=O)O)cc1OCC. The van der Waals surface area contributed by atoms with Crippen LogP contribution in [0.1, 0.15) is 19.4 Å². The molecule has 1 aromatic carbocycles. The molecule has 0 aliphatic heterocycles. The van der Waals surface area contributed by atoms with Gasteiger partial charge in [-0.2, -0.15) is 0 Å². The highest BCUT2D eigenvalue weighted by Crippen LogP contribution is 2.33. The Morgan fingerprint density at radius 1 is 1.20 bits per heavy atom. The number of hydrogen-bond donors (Lipinski definition) is 1. The number of carboxylic acids is 1. The lowest BCUT2D eigenvalue weighted by molar-refractivity contribution is -0.142. The lowest BCUT2D eigenvalue weighted by atomic mass is 10.1. The molecule has 1 rings (SSSR count). The minimum atomic E-state index is -0.988. The zero-order valence-electron chi connectivity index (χ0n) is 11.6. The molecular formula is C14H19ClO5. The van der Waals surface area contributed by atoms with Crippen LogP contribution in [0.3, 0.4) is 0 Å².